The van der Waals surface area contributed by atoms with Crippen LogP contribution < -0.4 is 53.2 Å². The molecule has 25 nitrogen and oxygen atoms in total. The number of methoxy groups -OCH3 is 1. The van der Waals surface area contributed by atoms with Gasteiger partial charge in [0.15, 0.2) is 23.6 Å². The van der Waals surface area contributed by atoms with Gasteiger partial charge >= 0.3 is 17.7 Å². The molecule has 25 heteroatoms. The third-order valence-corrected chi connectivity index (χ3v) is 14.0. The minimum Gasteiger partial charge on any atom is -0.505 e. The largest absolute Gasteiger partial charge is 0.505 e. The van der Waals surface area contributed by atoms with Gasteiger partial charge in [0.05, 0.1) is 11.0 Å². The number of nitrogens with zero attached hydrogens (tertiary/aromatic N) is 1. The van der Waals surface area contributed by atoms with E-state index in [0.717, 1.165) is 10.5 Å². The smallest absolute Gasteiger partial charge is 0.404 e. The highest BCUT2D eigenvalue weighted by atomic mass is 16.7. The van der Waals surface area contributed by atoms with Crippen LogP contribution in [0.2, 0.25) is 0 Å². The molecular formula is C59H74N8O17. The van der Waals surface area contributed by atoms with Gasteiger partial charge < -0.3 is 76.4 Å². The summed E-state index contributed by atoms with van der Waals surface area (Å²) >= 11 is 0. The topological polar surface area (TPSA) is 369 Å². The molecule has 4 aromatic rings. The van der Waals surface area contributed by atoms with Crippen molar-refractivity contribution >= 4 is 69.9 Å². The van der Waals surface area contributed by atoms with Crippen LogP contribution in [0.3, 0.4) is 0 Å². The second-order valence-electron chi connectivity index (χ2n) is 21.4. The van der Waals surface area contributed by atoms with Gasteiger partial charge in [-0.2, -0.15) is 0 Å². The lowest BCUT2D eigenvalue weighted by Gasteiger charge is -2.47. The van der Waals surface area contributed by atoms with Crippen LogP contribution in [0.1, 0.15) is 107 Å². The van der Waals surface area contributed by atoms with E-state index in [1.165, 1.54) is 44.4 Å². The zero-order chi connectivity index (χ0) is 61.6. The summed E-state index contributed by atoms with van der Waals surface area (Å²) in [6, 6.07) is 11.5. The quantitative estimate of drug-likeness (QED) is 0.0164. The number of amides is 9. The number of primary amides is 2. The summed E-state index contributed by atoms with van der Waals surface area (Å²) in [5, 5.41) is 35.9. The van der Waals surface area contributed by atoms with E-state index in [1.807, 2.05) is 19.9 Å². The molecule has 2 aliphatic heterocycles. The highest BCUT2D eigenvalue weighted by Gasteiger charge is 2.53. The number of aromatic hydroxyl groups is 1. The molecule has 0 aliphatic carbocycles. The molecule has 1 aromatic heterocycles. The van der Waals surface area contributed by atoms with E-state index >= 15 is 0 Å². The second kappa shape index (κ2) is 28.9. The molecule has 452 valence electrons. The number of aryl methyl sites for hydroxylation is 1. The monoisotopic (exact) mass is 1170 g/mol. The minimum absolute atomic E-state index is 0.0472. The Balaban J connectivity index is 1.08. The number of imide groups is 1. The fraction of sp³-hybridized carbons (Fsp3) is 0.441. The molecule has 0 radical (unpaired) electrons. The lowest BCUT2D eigenvalue weighted by molar-refractivity contribution is -0.304. The molecular weight excluding hydrogens is 1090 g/mol. The van der Waals surface area contributed by atoms with E-state index in [2.05, 4.69) is 26.6 Å². The van der Waals surface area contributed by atoms with Crippen LogP contribution in [0.4, 0.5) is 21.0 Å². The van der Waals surface area contributed by atoms with Crippen LogP contribution >= 0.6 is 0 Å². The molecule has 9 amide bonds. The molecule has 6 atom stereocenters. The maximum Gasteiger partial charge on any atom is 0.404 e. The Hall–Kier alpha value is -8.81. The van der Waals surface area contributed by atoms with E-state index in [-0.39, 0.29) is 90.4 Å². The average Bonchev–Trinajstić information content (AvgIpc) is 1.58. The van der Waals surface area contributed by atoms with Crippen molar-refractivity contribution in [2.24, 2.45) is 17.4 Å². The highest BCUT2D eigenvalue weighted by molar-refractivity contribution is 6.13. The van der Waals surface area contributed by atoms with Crippen molar-refractivity contribution < 1.29 is 76.7 Å². The van der Waals surface area contributed by atoms with Gasteiger partial charge in [-0.1, -0.05) is 44.1 Å². The molecule has 6 rings (SSSR count). The number of rotatable bonds is 27. The number of nitrogens with one attached hydrogen (secondary N) is 5. The fourth-order valence-corrected chi connectivity index (χ4v) is 9.48. The Morgan fingerprint density at radius 2 is 1.56 bits per heavy atom. The van der Waals surface area contributed by atoms with Crippen molar-refractivity contribution in [2.75, 3.05) is 30.8 Å². The van der Waals surface area contributed by atoms with Gasteiger partial charge in [0.1, 0.15) is 41.9 Å². The summed E-state index contributed by atoms with van der Waals surface area (Å²) in [7, 11) is 1.35. The molecule has 3 aromatic carbocycles. The van der Waals surface area contributed by atoms with Crippen LogP contribution in [0.15, 0.2) is 87.6 Å². The predicted octanol–water partition coefficient (Wildman–Crippen LogP) is 5.00. The molecule has 3 heterocycles. The summed E-state index contributed by atoms with van der Waals surface area (Å²) in [5.41, 5.74) is 10.7. The average molecular weight is 1170 g/mol. The van der Waals surface area contributed by atoms with Gasteiger partial charge in [-0.3, -0.25) is 33.7 Å². The number of allylic oxidation sites excluding steroid dienone is 2. The summed E-state index contributed by atoms with van der Waals surface area (Å²) in [4.78, 5) is 116. The Bertz CT molecular complexity index is 3210. The standard InChI is InChI=1S/C59H74N8O17/c1-31(2)15-18-35-29-36(52(73)66-46-47(71)38-22-24-40(33(5)49(38)82-55(46)76)81-56-48(72)50(83-58(61)78)51(79-8)59(6,7)84-56)19-23-41(35)80-30-34-16-20-37(21-17-34)63-53(74)39(13-12-27-62-57(60)77)64-54(75)45(32(3)4)65-42(68)14-10-9-11-28-67-43(69)25-26-44(67)70/h15-17,19-26,29,32,39,45,48,50-51,56,71-72H,9-14,18,27-28,30H2,1-8H3,(H2,61,78)(H,63,74)(H,64,75)(H,65,68)(H,66,73)(H3,60,62,77)/t39-,45-,48+,50-,51+,56+/m0/s1. The molecule has 0 unspecified atom stereocenters. The second-order valence-corrected chi connectivity index (χ2v) is 21.4. The molecule has 1 fully saturated rings. The highest BCUT2D eigenvalue weighted by Crippen LogP contribution is 2.39. The van der Waals surface area contributed by atoms with Crippen LogP contribution in [-0.4, -0.2) is 125 Å². The number of unbranched alkanes of at least 4 members (excludes halogenated alkanes) is 2. The maximum absolute atomic E-state index is 13.8. The molecule has 2 aliphatic rings. The Kier molecular flexibility index (Phi) is 22.2. The summed E-state index contributed by atoms with van der Waals surface area (Å²) < 4.78 is 34.5. The number of urea groups is 1. The molecule has 0 bridgehead atoms. The lowest BCUT2D eigenvalue weighted by Crippen LogP contribution is -2.65. The van der Waals surface area contributed by atoms with E-state index in [1.54, 1.807) is 64.1 Å². The lowest BCUT2D eigenvalue weighted by atomic mass is 9.89. The van der Waals surface area contributed by atoms with Gasteiger partial charge in [0.2, 0.25) is 24.0 Å². The summed E-state index contributed by atoms with van der Waals surface area (Å²) in [6.07, 6.45) is 0.384. The number of hydrogen-bond acceptors (Lipinski definition) is 17. The maximum atomic E-state index is 13.8. The Morgan fingerprint density at radius 1 is 0.869 bits per heavy atom. The number of anilines is 2. The first-order valence-corrected chi connectivity index (χ1v) is 27.4. The first-order chi connectivity index (χ1) is 39.8. The first-order valence-electron chi connectivity index (χ1n) is 27.4. The van der Waals surface area contributed by atoms with Crippen molar-refractivity contribution in [1.82, 2.24) is 20.9 Å². The van der Waals surface area contributed by atoms with Gasteiger partial charge in [-0.15, -0.1) is 0 Å². The Morgan fingerprint density at radius 3 is 2.20 bits per heavy atom. The van der Waals surface area contributed by atoms with Crippen molar-refractivity contribution in [3.8, 4) is 17.2 Å². The number of carbonyl (C=O) groups is 8. The summed E-state index contributed by atoms with van der Waals surface area (Å²) in [5.74, 6) is -3.43. The van der Waals surface area contributed by atoms with E-state index < -0.39 is 89.2 Å². The molecule has 0 spiro atoms. The zero-order valence-electron chi connectivity index (χ0n) is 48.2. The third-order valence-electron chi connectivity index (χ3n) is 14.0. The van der Waals surface area contributed by atoms with Crippen LogP contribution in [-0.2, 0) is 51.2 Å². The molecule has 0 saturated carbocycles. The Labute approximate surface area is 484 Å². The number of aliphatic hydroxyl groups is 1. The SMILES string of the molecule is CO[C@@H]1[C@@H](OC(N)=O)[C@@H](O)[C@H](Oc2ccc3c(O)c(NC(=O)c4ccc(OCc5ccc(NC(=O)[C@H](CCCNC(N)=O)NC(=O)[C@@H](NC(=O)CCCCCN6C(=O)C=CC6=O)C(C)C)cc5)c(CC=C(C)C)c4)c(=O)oc3c2C)OC1(C)C. The van der Waals surface area contributed by atoms with Crippen LogP contribution in [0, 0.1) is 12.8 Å². The van der Waals surface area contributed by atoms with E-state index in [4.69, 9.17) is 39.6 Å². The minimum atomic E-state index is -1.57. The third kappa shape index (κ3) is 16.9. The number of hydrogen-bond donors (Lipinski definition) is 9. The number of carbonyl (C=O) groups excluding carboxylic acids is 8. The predicted molar refractivity (Wildman–Crippen MR) is 307 cm³/mol. The van der Waals surface area contributed by atoms with Crippen molar-refractivity contribution in [3.05, 3.63) is 111 Å². The van der Waals surface area contributed by atoms with E-state index in [0.29, 0.717) is 48.2 Å². The summed E-state index contributed by atoms with van der Waals surface area (Å²) in [6.45, 7) is 12.6. The number of fused-ring (bicyclic) bond motifs is 1. The van der Waals surface area contributed by atoms with E-state index in [9.17, 15) is 53.4 Å². The fourth-order valence-electron chi connectivity index (χ4n) is 9.48. The van der Waals surface area contributed by atoms with Gasteiger partial charge in [0.25, 0.3) is 17.7 Å². The van der Waals surface area contributed by atoms with Gasteiger partial charge in [0, 0.05) is 55.6 Å². The number of aliphatic hydroxyl groups excluding tert-OH is 1. The zero-order valence-corrected chi connectivity index (χ0v) is 48.2. The van der Waals surface area contributed by atoms with Crippen LogP contribution in [0.25, 0.3) is 11.0 Å². The first kappa shape index (κ1) is 64.4. The normalized spacial score (nSPS) is 17.9. The molecule has 11 N–H and O–H groups in total. The number of ether oxygens (including phenoxy) is 5. The van der Waals surface area contributed by atoms with Gasteiger partial charge in [-0.25, -0.2) is 14.4 Å². The molecule has 1 saturated heterocycles. The van der Waals surface area contributed by atoms with Gasteiger partial charge in [-0.05, 0) is 126 Å². The van der Waals surface area contributed by atoms with Crippen molar-refractivity contribution in [2.45, 2.75) is 142 Å². The molecule has 84 heavy (non-hydrogen) atoms. The van der Waals surface area contributed by atoms with Crippen molar-refractivity contribution in [3.63, 3.8) is 0 Å². The van der Waals surface area contributed by atoms with Crippen LogP contribution in [0.5, 0.6) is 17.2 Å². The number of nitrogens with two attached hydrogens (primary N) is 2. The number of benzene rings is 3. The van der Waals surface area contributed by atoms with Crippen molar-refractivity contribution in [1.29, 1.82) is 0 Å².